The molecular weight excluding hydrogens is 907 g/mol. The van der Waals surface area contributed by atoms with Crippen LogP contribution in [-0.4, -0.2) is 22.6 Å². The predicted octanol–water partition coefficient (Wildman–Crippen LogP) is 13.6. The van der Waals surface area contributed by atoms with E-state index in [9.17, 15) is 0 Å². The van der Waals surface area contributed by atoms with Crippen molar-refractivity contribution in [2.45, 2.75) is 59.2 Å². The first kappa shape index (κ1) is 39.2. The van der Waals surface area contributed by atoms with Crippen molar-refractivity contribution in [1.82, 2.24) is 14.5 Å². The number of imidazole rings is 1. The van der Waals surface area contributed by atoms with Crippen molar-refractivity contribution in [1.29, 1.82) is 0 Å². The number of fused-ring (bicyclic) bond motifs is 8. The number of hydrogen-bond donors (Lipinski definition) is 0. The minimum Gasteiger partial charge on any atom is -0.500 e. The zero-order chi connectivity index (χ0) is 39.4. The van der Waals surface area contributed by atoms with Crippen molar-refractivity contribution in [3.8, 4) is 28.3 Å². The van der Waals surface area contributed by atoms with Crippen LogP contribution in [0.25, 0.3) is 83.2 Å². The van der Waals surface area contributed by atoms with Gasteiger partial charge < -0.3 is 18.4 Å². The second-order valence-corrected chi connectivity index (χ2v) is 21.5. The van der Waals surface area contributed by atoms with Gasteiger partial charge in [0.15, 0.2) is 0 Å². The summed E-state index contributed by atoms with van der Waals surface area (Å²) in [6, 6.07) is 50.4. The number of pyridine rings is 1. The summed E-state index contributed by atoms with van der Waals surface area (Å²) in [7, 11) is -1.23. The van der Waals surface area contributed by atoms with Gasteiger partial charge in [-0.05, 0) is 64.2 Å². The molecule has 10 aromatic rings. The van der Waals surface area contributed by atoms with E-state index in [0.717, 1.165) is 77.6 Å². The van der Waals surface area contributed by atoms with E-state index < -0.39 is 8.07 Å². The van der Waals surface area contributed by atoms with Crippen LogP contribution < -0.4 is 5.19 Å². The van der Waals surface area contributed by atoms with E-state index in [1.807, 2.05) is 66.9 Å². The molecule has 0 bridgehead atoms. The number of nitrogens with zero attached hydrogens (tertiary/aromatic N) is 3. The molecule has 0 saturated carbocycles. The molecule has 0 unspecified atom stereocenters. The van der Waals surface area contributed by atoms with Gasteiger partial charge in [-0.3, -0.25) is 4.98 Å². The molecule has 0 saturated heterocycles. The molecular formula is C51H45IrN3O2Si-2. The Labute approximate surface area is 354 Å². The maximum absolute atomic E-state index is 6.82. The van der Waals surface area contributed by atoms with E-state index in [0.29, 0.717) is 11.8 Å². The molecule has 6 aromatic carbocycles. The van der Waals surface area contributed by atoms with Crippen molar-refractivity contribution >= 4 is 68.2 Å². The van der Waals surface area contributed by atoms with Gasteiger partial charge in [0.25, 0.3) is 0 Å². The molecule has 1 radical (unpaired) electrons. The maximum Gasteiger partial charge on any atom is 0.139 e. The maximum atomic E-state index is 6.82. The van der Waals surface area contributed by atoms with E-state index in [-0.39, 0.29) is 20.1 Å². The van der Waals surface area contributed by atoms with Gasteiger partial charge in [-0.2, -0.15) is 0 Å². The van der Waals surface area contributed by atoms with Gasteiger partial charge in [0.1, 0.15) is 16.7 Å². The molecule has 0 amide bonds. The number of para-hydroxylation sites is 4. The molecule has 0 N–H and O–H groups in total. The third-order valence-corrected chi connectivity index (χ3v) is 12.9. The van der Waals surface area contributed by atoms with Gasteiger partial charge >= 0.3 is 0 Å². The zero-order valence-electron chi connectivity index (χ0n) is 33.8. The van der Waals surface area contributed by atoms with E-state index in [4.69, 9.17) is 13.8 Å². The SMILES string of the molecule is CC(C)c1cccc(C(C)C)c1-n1c(-c2[c-]ccc3c2oc2c3ccc3oc4ccccc4c32)nc2ccccc21.C[Si](C)(C)c1ccc(-c2[c-]cccc2)nc1.[Ir]. The first-order valence-electron chi connectivity index (χ1n) is 19.8. The van der Waals surface area contributed by atoms with Gasteiger partial charge in [0.2, 0.25) is 0 Å². The van der Waals surface area contributed by atoms with Crippen LogP contribution in [0.4, 0.5) is 0 Å². The molecule has 58 heavy (non-hydrogen) atoms. The topological polar surface area (TPSA) is 57.0 Å². The van der Waals surface area contributed by atoms with Gasteiger partial charge in [0, 0.05) is 42.8 Å². The number of furan rings is 2. The Morgan fingerprint density at radius 3 is 2.05 bits per heavy atom. The number of rotatable bonds is 6. The fraction of sp³-hybridized carbons (Fsp3) is 0.176. The van der Waals surface area contributed by atoms with Crippen LogP contribution in [0.3, 0.4) is 0 Å². The Morgan fingerprint density at radius 1 is 0.621 bits per heavy atom. The molecule has 0 fully saturated rings. The van der Waals surface area contributed by atoms with Crippen molar-refractivity contribution in [2.75, 3.05) is 0 Å². The van der Waals surface area contributed by atoms with Crippen LogP contribution in [0.5, 0.6) is 0 Å². The van der Waals surface area contributed by atoms with Crippen LogP contribution in [0.2, 0.25) is 19.6 Å². The Morgan fingerprint density at radius 2 is 1.34 bits per heavy atom. The smallest absolute Gasteiger partial charge is 0.139 e. The summed E-state index contributed by atoms with van der Waals surface area (Å²) in [5, 5.41) is 5.55. The largest absolute Gasteiger partial charge is 0.500 e. The fourth-order valence-corrected chi connectivity index (χ4v) is 8.95. The minimum absolute atomic E-state index is 0. The van der Waals surface area contributed by atoms with Crippen molar-refractivity contribution in [2.24, 2.45) is 0 Å². The molecule has 0 aliphatic carbocycles. The quantitative estimate of drug-likeness (QED) is 0.123. The first-order valence-corrected chi connectivity index (χ1v) is 23.3. The molecule has 7 heteroatoms. The summed E-state index contributed by atoms with van der Waals surface area (Å²) < 4.78 is 15.3. The molecule has 0 aliphatic heterocycles. The van der Waals surface area contributed by atoms with Crippen molar-refractivity contribution < 1.29 is 28.9 Å². The molecule has 0 atom stereocenters. The van der Waals surface area contributed by atoms with Crippen LogP contribution in [-0.2, 0) is 20.1 Å². The normalized spacial score (nSPS) is 11.9. The minimum atomic E-state index is -1.23. The summed E-state index contributed by atoms with van der Waals surface area (Å²) in [6.07, 6.45) is 2.02. The van der Waals surface area contributed by atoms with Gasteiger partial charge in [-0.15, -0.1) is 54.1 Å². The van der Waals surface area contributed by atoms with Crippen LogP contribution in [0.1, 0.15) is 50.7 Å². The fourth-order valence-electron chi connectivity index (χ4n) is 7.91. The Hall–Kier alpha value is -5.59. The molecule has 5 nitrogen and oxygen atoms in total. The standard InChI is InChI=1S/C37H29N2O2.C14H16NSi.Ir/c1-21(2)23-12-9-13-24(22(3)4)34(23)39-30-17-7-6-16-29(30)38-37(39)28-15-10-14-25-26-19-20-32-33(36(26)41-35(25)28)27-11-5-8-18-31(27)40-32;1-16(2,3)13-9-10-14(15-11-13)12-7-5-4-6-8-12;/h5-14,16-22H,1-4H3;4-7,9-11H,1-3H3;/q2*-1;. The van der Waals surface area contributed by atoms with Gasteiger partial charge in [-0.25, -0.2) is 0 Å². The third kappa shape index (κ3) is 6.91. The predicted molar refractivity (Wildman–Crippen MR) is 240 cm³/mol. The Kier molecular flexibility index (Phi) is 10.6. The van der Waals surface area contributed by atoms with Crippen LogP contribution in [0.15, 0.2) is 142 Å². The second-order valence-electron chi connectivity index (χ2n) is 16.4. The van der Waals surface area contributed by atoms with Crippen LogP contribution >= 0.6 is 0 Å². The second kappa shape index (κ2) is 15.6. The van der Waals surface area contributed by atoms with E-state index in [1.54, 1.807) is 0 Å². The first-order chi connectivity index (χ1) is 27.6. The number of hydrogen-bond acceptors (Lipinski definition) is 4. The summed E-state index contributed by atoms with van der Waals surface area (Å²) in [4.78, 5) is 9.75. The van der Waals surface area contributed by atoms with Crippen molar-refractivity contribution in [3.05, 3.63) is 157 Å². The summed E-state index contributed by atoms with van der Waals surface area (Å²) >= 11 is 0. The molecule has 4 heterocycles. The van der Waals surface area contributed by atoms with E-state index in [1.165, 1.54) is 22.0 Å². The molecule has 4 aromatic heterocycles. The Balaban J connectivity index is 0.000000233. The molecule has 0 spiro atoms. The summed E-state index contributed by atoms with van der Waals surface area (Å²) in [6.45, 7) is 16.0. The average Bonchev–Trinajstić information content (AvgIpc) is 3.92. The Bertz CT molecular complexity index is 3030. The van der Waals surface area contributed by atoms with Gasteiger partial charge in [0.05, 0.1) is 35.9 Å². The van der Waals surface area contributed by atoms with Crippen molar-refractivity contribution in [3.63, 3.8) is 0 Å². The molecule has 291 valence electrons. The van der Waals surface area contributed by atoms with E-state index >= 15 is 0 Å². The van der Waals surface area contributed by atoms with Crippen LogP contribution in [0, 0.1) is 12.1 Å². The molecule has 10 rings (SSSR count). The number of benzene rings is 6. The molecule has 0 aliphatic rings. The number of aromatic nitrogens is 3. The van der Waals surface area contributed by atoms with E-state index in [2.05, 4.69) is 136 Å². The van der Waals surface area contributed by atoms with Gasteiger partial charge in [-0.1, -0.05) is 119 Å². The zero-order valence-corrected chi connectivity index (χ0v) is 37.2. The summed E-state index contributed by atoms with van der Waals surface area (Å²) in [5.41, 5.74) is 12.0. The average molecular weight is 952 g/mol. The third-order valence-electron chi connectivity index (χ3n) is 10.9. The summed E-state index contributed by atoms with van der Waals surface area (Å²) in [5.74, 6) is 1.51. The monoisotopic (exact) mass is 952 g/mol.